The molecule has 0 spiro atoms. The summed E-state index contributed by atoms with van der Waals surface area (Å²) in [5.74, 6) is 0. The lowest BCUT2D eigenvalue weighted by Crippen LogP contribution is -2.41. The normalized spacial score (nSPS) is 20.7. The van der Waals surface area contributed by atoms with Crippen LogP contribution in [0.4, 0.5) is 0 Å². The Morgan fingerprint density at radius 2 is 1.60 bits per heavy atom. The van der Waals surface area contributed by atoms with E-state index in [1.807, 2.05) is 0 Å². The zero-order valence-corrected chi connectivity index (χ0v) is 11.9. The maximum absolute atomic E-state index is 5.28. The smallest absolute Gasteiger partial charge is 0.0698 e. The third-order valence-electron chi connectivity index (χ3n) is 3.92. The van der Waals surface area contributed by atoms with Crippen molar-refractivity contribution in [2.24, 2.45) is 0 Å². The molecule has 102 valence electrons. The summed E-state index contributed by atoms with van der Waals surface area (Å²) in [6.45, 7) is 2.19. The molecule has 1 atom stereocenters. The van der Waals surface area contributed by atoms with Crippen molar-refractivity contribution >= 4 is 12.2 Å². The van der Waals surface area contributed by atoms with Crippen LogP contribution >= 0.6 is 0 Å². The molecule has 0 bridgehead atoms. The van der Waals surface area contributed by atoms with E-state index in [0.717, 1.165) is 6.42 Å². The van der Waals surface area contributed by atoms with Crippen molar-refractivity contribution in [3.05, 3.63) is 70.8 Å². The van der Waals surface area contributed by atoms with Crippen LogP contribution in [0.2, 0.25) is 0 Å². The monoisotopic (exact) mass is 265 g/mol. The van der Waals surface area contributed by atoms with E-state index in [0.29, 0.717) is 0 Å². The fourth-order valence-corrected chi connectivity index (χ4v) is 2.97. The van der Waals surface area contributed by atoms with Gasteiger partial charge in [0.05, 0.1) is 12.6 Å². The van der Waals surface area contributed by atoms with E-state index >= 15 is 0 Å². The van der Waals surface area contributed by atoms with Crippen LogP contribution in [0, 0.1) is 0 Å². The van der Waals surface area contributed by atoms with Gasteiger partial charge in [-0.3, -0.25) is 0 Å². The van der Waals surface area contributed by atoms with E-state index in [-0.39, 0.29) is 5.54 Å². The van der Waals surface area contributed by atoms with Crippen molar-refractivity contribution < 1.29 is 4.84 Å². The summed E-state index contributed by atoms with van der Waals surface area (Å²) in [6.07, 6.45) is 5.27. The SMILES string of the molecule is CONC1(C)Cc2ccccc2C=Cc2ccccc21. The molecule has 2 aromatic rings. The van der Waals surface area contributed by atoms with Gasteiger partial charge in [-0.15, -0.1) is 0 Å². The van der Waals surface area contributed by atoms with Gasteiger partial charge in [-0.1, -0.05) is 60.7 Å². The van der Waals surface area contributed by atoms with Gasteiger partial charge < -0.3 is 4.84 Å². The van der Waals surface area contributed by atoms with Crippen LogP contribution in [-0.2, 0) is 16.8 Å². The summed E-state index contributed by atoms with van der Waals surface area (Å²) in [7, 11) is 1.67. The lowest BCUT2D eigenvalue weighted by Gasteiger charge is -2.33. The van der Waals surface area contributed by atoms with Gasteiger partial charge in [-0.05, 0) is 35.6 Å². The van der Waals surface area contributed by atoms with Gasteiger partial charge in [0.2, 0.25) is 0 Å². The maximum atomic E-state index is 5.28. The molecule has 0 heterocycles. The van der Waals surface area contributed by atoms with E-state index < -0.39 is 0 Å². The molecule has 2 heteroatoms. The molecule has 20 heavy (non-hydrogen) atoms. The van der Waals surface area contributed by atoms with Crippen LogP contribution in [-0.4, -0.2) is 7.11 Å². The molecule has 2 nitrogen and oxygen atoms in total. The van der Waals surface area contributed by atoms with Gasteiger partial charge >= 0.3 is 0 Å². The highest BCUT2D eigenvalue weighted by Gasteiger charge is 2.30. The lowest BCUT2D eigenvalue weighted by molar-refractivity contribution is 0.0175. The molecule has 0 aromatic heterocycles. The van der Waals surface area contributed by atoms with Crippen molar-refractivity contribution in [2.75, 3.05) is 7.11 Å². The fourth-order valence-electron chi connectivity index (χ4n) is 2.97. The van der Waals surface area contributed by atoms with Crippen LogP contribution in [0.5, 0.6) is 0 Å². The second-order valence-electron chi connectivity index (χ2n) is 5.43. The largest absolute Gasteiger partial charge is 0.304 e. The number of hydrogen-bond acceptors (Lipinski definition) is 2. The summed E-state index contributed by atoms with van der Waals surface area (Å²) >= 11 is 0. The summed E-state index contributed by atoms with van der Waals surface area (Å²) in [4.78, 5) is 5.28. The van der Waals surface area contributed by atoms with E-state index in [9.17, 15) is 0 Å². The van der Waals surface area contributed by atoms with Crippen molar-refractivity contribution in [1.82, 2.24) is 5.48 Å². The molecule has 1 aliphatic carbocycles. The predicted molar refractivity (Wildman–Crippen MR) is 83.0 cm³/mol. The molecule has 1 unspecified atom stereocenters. The molecule has 0 radical (unpaired) electrons. The number of rotatable bonds is 2. The Morgan fingerprint density at radius 1 is 0.950 bits per heavy atom. The Balaban J connectivity index is 2.19. The van der Waals surface area contributed by atoms with Gasteiger partial charge in [-0.25, -0.2) is 0 Å². The Labute approximate surface area is 120 Å². The van der Waals surface area contributed by atoms with Gasteiger partial charge in [0.1, 0.15) is 0 Å². The summed E-state index contributed by atoms with van der Waals surface area (Å²) in [5.41, 5.74) is 8.03. The molecule has 3 rings (SSSR count). The predicted octanol–water partition coefficient (Wildman–Crippen LogP) is 3.78. The zero-order chi connectivity index (χ0) is 14.0. The van der Waals surface area contributed by atoms with Crippen LogP contribution < -0.4 is 5.48 Å². The third kappa shape index (κ3) is 2.28. The Hall–Kier alpha value is -1.90. The zero-order valence-electron chi connectivity index (χ0n) is 11.9. The number of nitrogens with one attached hydrogen (secondary N) is 1. The van der Waals surface area contributed by atoms with Crippen LogP contribution in [0.15, 0.2) is 48.5 Å². The highest BCUT2D eigenvalue weighted by atomic mass is 16.6. The average molecular weight is 265 g/mol. The fraction of sp³-hybridized carbons (Fsp3) is 0.222. The van der Waals surface area contributed by atoms with E-state index in [2.05, 4.69) is 73.1 Å². The molecule has 1 aliphatic rings. The van der Waals surface area contributed by atoms with E-state index in [1.165, 1.54) is 22.3 Å². The van der Waals surface area contributed by atoms with Crippen molar-refractivity contribution in [3.63, 3.8) is 0 Å². The first kappa shape index (κ1) is 13.1. The second-order valence-corrected chi connectivity index (χ2v) is 5.43. The molecule has 1 N–H and O–H groups in total. The summed E-state index contributed by atoms with van der Waals surface area (Å²) in [6, 6.07) is 17.0. The van der Waals surface area contributed by atoms with E-state index in [1.54, 1.807) is 7.11 Å². The maximum Gasteiger partial charge on any atom is 0.0698 e. The Bertz CT molecular complexity index is 647. The minimum absolute atomic E-state index is 0.244. The van der Waals surface area contributed by atoms with Crippen molar-refractivity contribution in [2.45, 2.75) is 18.9 Å². The number of hydroxylamine groups is 1. The first-order valence-corrected chi connectivity index (χ1v) is 6.88. The standard InChI is InChI=1S/C18H19NO/c1-18(19-20-2)13-16-9-4-3-7-14(16)11-12-15-8-5-6-10-17(15)18/h3-12,19H,13H2,1-2H3. The quantitative estimate of drug-likeness (QED) is 0.834. The molecular weight excluding hydrogens is 246 g/mol. The molecule has 0 fully saturated rings. The van der Waals surface area contributed by atoms with Crippen molar-refractivity contribution in [3.8, 4) is 0 Å². The Kier molecular flexibility index (Phi) is 3.43. The van der Waals surface area contributed by atoms with Crippen LogP contribution in [0.1, 0.15) is 29.2 Å². The van der Waals surface area contributed by atoms with Gasteiger partial charge in [0, 0.05) is 0 Å². The van der Waals surface area contributed by atoms with Gasteiger partial charge in [0.15, 0.2) is 0 Å². The summed E-state index contributed by atoms with van der Waals surface area (Å²) in [5, 5.41) is 0. The average Bonchev–Trinajstić information content (AvgIpc) is 2.45. The van der Waals surface area contributed by atoms with Crippen molar-refractivity contribution in [1.29, 1.82) is 0 Å². The highest BCUT2D eigenvalue weighted by Crippen LogP contribution is 2.33. The van der Waals surface area contributed by atoms with Crippen LogP contribution in [0.3, 0.4) is 0 Å². The van der Waals surface area contributed by atoms with Gasteiger partial charge in [-0.2, -0.15) is 5.48 Å². The third-order valence-corrected chi connectivity index (χ3v) is 3.92. The molecular formula is C18H19NO. The second kappa shape index (κ2) is 5.23. The molecule has 0 saturated carbocycles. The molecule has 2 aromatic carbocycles. The van der Waals surface area contributed by atoms with Gasteiger partial charge in [0.25, 0.3) is 0 Å². The lowest BCUT2D eigenvalue weighted by atomic mass is 9.80. The number of hydrogen-bond donors (Lipinski definition) is 1. The molecule has 0 saturated heterocycles. The minimum atomic E-state index is -0.244. The summed E-state index contributed by atoms with van der Waals surface area (Å²) < 4.78 is 0. The van der Waals surface area contributed by atoms with E-state index in [4.69, 9.17) is 4.84 Å². The Morgan fingerprint density at radius 3 is 2.40 bits per heavy atom. The highest BCUT2D eigenvalue weighted by molar-refractivity contribution is 5.74. The first-order valence-electron chi connectivity index (χ1n) is 6.88. The number of benzene rings is 2. The number of fused-ring (bicyclic) bond motifs is 2. The molecule has 0 amide bonds. The first-order chi connectivity index (χ1) is 9.73. The van der Waals surface area contributed by atoms with Crippen LogP contribution in [0.25, 0.3) is 12.2 Å². The topological polar surface area (TPSA) is 21.3 Å². The minimum Gasteiger partial charge on any atom is -0.304 e. The molecule has 0 aliphatic heterocycles.